The molecule has 0 bridgehead atoms. The van der Waals surface area contributed by atoms with Crippen LogP contribution in [0.1, 0.15) is 43.0 Å². The molecule has 1 unspecified atom stereocenters. The van der Waals surface area contributed by atoms with E-state index in [1.54, 1.807) is 11.3 Å². The highest BCUT2D eigenvalue weighted by atomic mass is 32.2. The minimum Gasteiger partial charge on any atom is -0.299 e. The maximum atomic E-state index is 11.6. The number of hydrogen-bond donors (Lipinski definition) is 0. The molecular weight excluding hydrogens is 352 g/mol. The van der Waals surface area contributed by atoms with Crippen LogP contribution in [0.4, 0.5) is 0 Å². The summed E-state index contributed by atoms with van der Waals surface area (Å²) in [6, 6.07) is 12.9. The number of aryl methyl sites for hydroxylation is 2. The lowest BCUT2D eigenvalue weighted by molar-refractivity contribution is -0.116. The third kappa shape index (κ3) is 6.08. The van der Waals surface area contributed by atoms with Crippen molar-refractivity contribution in [2.45, 2.75) is 51.2 Å². The van der Waals surface area contributed by atoms with E-state index in [4.69, 9.17) is 0 Å². The summed E-state index contributed by atoms with van der Waals surface area (Å²) in [5, 5.41) is -0.832. The lowest BCUT2D eigenvalue weighted by atomic mass is 10.0. The molecule has 1 aromatic carbocycles. The molecular formula is C20H26O3S2. The van der Waals surface area contributed by atoms with Crippen molar-refractivity contribution in [1.29, 1.82) is 0 Å². The Morgan fingerprint density at radius 1 is 1.04 bits per heavy atom. The number of ketones is 1. The van der Waals surface area contributed by atoms with Gasteiger partial charge in [-0.3, -0.25) is 4.79 Å². The van der Waals surface area contributed by atoms with Crippen LogP contribution in [0, 0.1) is 6.92 Å². The Labute approximate surface area is 155 Å². The molecule has 1 aromatic heterocycles. The molecule has 2 rings (SSSR count). The van der Waals surface area contributed by atoms with Crippen LogP contribution < -0.4 is 0 Å². The van der Waals surface area contributed by atoms with E-state index >= 15 is 0 Å². The summed E-state index contributed by atoms with van der Waals surface area (Å²) in [5.74, 6) is -0.248. The number of thiophene rings is 1. The number of sulfone groups is 1. The molecule has 0 saturated carbocycles. The Morgan fingerprint density at radius 3 is 2.24 bits per heavy atom. The summed E-state index contributed by atoms with van der Waals surface area (Å²) in [6.07, 6.45) is 5.27. The van der Waals surface area contributed by atoms with Crippen molar-refractivity contribution in [2.24, 2.45) is 0 Å². The molecule has 0 amide bonds. The van der Waals surface area contributed by atoms with Crippen molar-refractivity contribution < 1.29 is 13.2 Å². The third-order valence-corrected chi connectivity index (χ3v) is 7.03. The van der Waals surface area contributed by atoms with Gasteiger partial charge in [-0.2, -0.15) is 0 Å². The number of unbranched alkanes of at least 4 members (excludes halogenated alkanes) is 2. The summed E-state index contributed by atoms with van der Waals surface area (Å²) in [5.41, 5.74) is 2.54. The lowest BCUT2D eigenvalue weighted by Gasteiger charge is -2.11. The largest absolute Gasteiger partial charge is 0.299 e. The summed E-state index contributed by atoms with van der Waals surface area (Å²) in [4.78, 5) is 14.1. The molecule has 1 atom stereocenters. The maximum Gasteiger partial charge on any atom is 0.157 e. The second kappa shape index (κ2) is 8.77. The van der Waals surface area contributed by atoms with Crippen molar-refractivity contribution in [3.05, 3.63) is 46.8 Å². The normalized spacial score (nSPS) is 12.9. The fourth-order valence-electron chi connectivity index (χ4n) is 2.98. The van der Waals surface area contributed by atoms with Gasteiger partial charge in [0.2, 0.25) is 0 Å². The number of benzene rings is 1. The van der Waals surface area contributed by atoms with Gasteiger partial charge in [0.25, 0.3) is 0 Å². The van der Waals surface area contributed by atoms with E-state index < -0.39 is 15.1 Å². The Bertz CT molecular complexity index is 802. The van der Waals surface area contributed by atoms with Crippen molar-refractivity contribution in [1.82, 2.24) is 0 Å². The first-order chi connectivity index (χ1) is 11.8. The second-order valence-corrected chi connectivity index (χ2v) is 10.2. The molecule has 0 radical (unpaired) electrons. The molecule has 2 aromatic rings. The Kier molecular flexibility index (Phi) is 6.96. The van der Waals surface area contributed by atoms with E-state index in [1.807, 2.05) is 0 Å². The zero-order chi connectivity index (χ0) is 18.4. The lowest BCUT2D eigenvalue weighted by Crippen LogP contribution is -2.27. The van der Waals surface area contributed by atoms with Gasteiger partial charge in [-0.25, -0.2) is 8.42 Å². The van der Waals surface area contributed by atoms with Gasteiger partial charge in [-0.15, -0.1) is 11.3 Å². The summed E-state index contributed by atoms with van der Waals surface area (Å²) in [6.45, 7) is 3.48. The average Bonchev–Trinajstić information content (AvgIpc) is 2.96. The van der Waals surface area contributed by atoms with E-state index in [-0.39, 0.29) is 5.78 Å². The molecule has 0 saturated heterocycles. The molecule has 0 aliphatic carbocycles. The molecule has 1 heterocycles. The quantitative estimate of drug-likeness (QED) is 0.587. The van der Waals surface area contributed by atoms with Crippen LogP contribution in [-0.2, 0) is 21.1 Å². The van der Waals surface area contributed by atoms with Gasteiger partial charge in [-0.1, -0.05) is 37.1 Å². The number of carbonyl (C=O) groups is 1. The number of hydrogen-bond acceptors (Lipinski definition) is 4. The molecule has 136 valence electrons. The summed E-state index contributed by atoms with van der Waals surface area (Å²) < 4.78 is 23.2. The minimum atomic E-state index is -3.28. The predicted molar refractivity (Wildman–Crippen MR) is 106 cm³/mol. The minimum absolute atomic E-state index is 0.248. The van der Waals surface area contributed by atoms with Crippen molar-refractivity contribution >= 4 is 27.0 Å². The fourth-order valence-corrected chi connectivity index (χ4v) is 5.05. The molecule has 5 heteroatoms. The molecule has 3 nitrogen and oxygen atoms in total. The number of carbonyl (C=O) groups excluding carboxylic acids is 1. The molecule has 0 fully saturated rings. The van der Waals surface area contributed by atoms with E-state index in [0.29, 0.717) is 6.42 Å². The van der Waals surface area contributed by atoms with Crippen LogP contribution in [0.2, 0.25) is 0 Å². The SMILES string of the molecule is CC(=O)C(CCCCCc1ccc(-c2ccc(C)s2)cc1)S(C)(=O)=O. The first kappa shape index (κ1) is 19.9. The Balaban J connectivity index is 1.77. The van der Waals surface area contributed by atoms with Crippen molar-refractivity contribution in [3.8, 4) is 10.4 Å². The van der Waals surface area contributed by atoms with Crippen LogP contribution in [0.3, 0.4) is 0 Å². The van der Waals surface area contributed by atoms with Crippen molar-refractivity contribution in [3.63, 3.8) is 0 Å². The van der Waals surface area contributed by atoms with Gasteiger partial charge in [0.05, 0.1) is 0 Å². The van der Waals surface area contributed by atoms with Gasteiger partial charge in [0.15, 0.2) is 9.84 Å². The van der Waals surface area contributed by atoms with E-state index in [2.05, 4.69) is 43.3 Å². The first-order valence-corrected chi connectivity index (χ1v) is 11.4. The average molecular weight is 379 g/mol. The topological polar surface area (TPSA) is 51.2 Å². The summed E-state index contributed by atoms with van der Waals surface area (Å²) >= 11 is 1.80. The molecule has 0 aliphatic heterocycles. The summed E-state index contributed by atoms with van der Waals surface area (Å²) in [7, 11) is -3.28. The van der Waals surface area contributed by atoms with Gasteiger partial charge in [0, 0.05) is 16.0 Å². The van der Waals surface area contributed by atoms with Crippen LogP contribution in [0.25, 0.3) is 10.4 Å². The Morgan fingerprint density at radius 2 is 1.72 bits per heavy atom. The van der Waals surface area contributed by atoms with Gasteiger partial charge >= 0.3 is 0 Å². The first-order valence-electron chi connectivity index (χ1n) is 8.62. The smallest absolute Gasteiger partial charge is 0.157 e. The third-order valence-electron chi connectivity index (χ3n) is 4.38. The van der Waals surface area contributed by atoms with Crippen LogP contribution in [0.5, 0.6) is 0 Å². The second-order valence-electron chi connectivity index (χ2n) is 6.64. The molecule has 0 N–H and O–H groups in total. The van der Waals surface area contributed by atoms with Gasteiger partial charge < -0.3 is 0 Å². The van der Waals surface area contributed by atoms with Crippen molar-refractivity contribution in [2.75, 3.05) is 6.26 Å². The van der Waals surface area contributed by atoms with Crippen LogP contribution in [0.15, 0.2) is 36.4 Å². The molecule has 0 aliphatic rings. The maximum absolute atomic E-state index is 11.6. The fraction of sp³-hybridized carbons (Fsp3) is 0.450. The number of rotatable bonds is 9. The van der Waals surface area contributed by atoms with Crippen LogP contribution >= 0.6 is 11.3 Å². The Hall–Kier alpha value is -1.46. The zero-order valence-corrected chi connectivity index (χ0v) is 16.8. The predicted octanol–water partition coefficient (Wildman–Crippen LogP) is 4.83. The van der Waals surface area contributed by atoms with Crippen LogP contribution in [-0.4, -0.2) is 25.7 Å². The van der Waals surface area contributed by atoms with Gasteiger partial charge in [-0.05, 0) is 56.4 Å². The highest BCUT2D eigenvalue weighted by Gasteiger charge is 2.24. The van der Waals surface area contributed by atoms with E-state index in [0.717, 1.165) is 31.9 Å². The monoisotopic (exact) mass is 378 g/mol. The highest BCUT2D eigenvalue weighted by Crippen LogP contribution is 2.28. The van der Waals surface area contributed by atoms with E-state index in [1.165, 1.54) is 27.8 Å². The number of Topliss-reactive ketones (excluding diaryl/α,β-unsaturated/α-hetero) is 1. The van der Waals surface area contributed by atoms with Gasteiger partial charge in [0.1, 0.15) is 11.0 Å². The van der Waals surface area contributed by atoms with E-state index in [9.17, 15) is 13.2 Å². The molecule has 25 heavy (non-hydrogen) atoms. The molecule has 0 spiro atoms. The standard InChI is InChI=1S/C20H26O3S2/c1-15-9-14-19(24-15)18-12-10-17(11-13-18)7-5-4-6-8-20(16(2)21)25(3,22)23/h9-14,20H,4-8H2,1-3H3. The highest BCUT2D eigenvalue weighted by molar-refractivity contribution is 7.92. The zero-order valence-electron chi connectivity index (χ0n) is 15.1.